The van der Waals surface area contributed by atoms with Gasteiger partial charge in [0, 0.05) is 20.0 Å². The van der Waals surface area contributed by atoms with Crippen molar-refractivity contribution >= 4 is 17.7 Å². The first-order chi connectivity index (χ1) is 15.2. The Labute approximate surface area is 197 Å². The van der Waals surface area contributed by atoms with Crippen LogP contribution < -0.4 is 10.6 Å². The third-order valence-corrected chi connectivity index (χ3v) is 5.91. The van der Waals surface area contributed by atoms with Crippen LogP contribution in [0.1, 0.15) is 119 Å². The molecule has 3 amide bonds. The van der Waals surface area contributed by atoms with E-state index in [1.165, 1.54) is 58.3 Å². The van der Waals surface area contributed by atoms with Gasteiger partial charge in [0.2, 0.25) is 17.7 Å². The fourth-order valence-corrected chi connectivity index (χ4v) is 3.89. The minimum absolute atomic E-state index is 0.0224. The largest absolute Gasteiger partial charge is 0.344 e. The highest BCUT2D eigenvalue weighted by atomic mass is 16.2. The predicted molar refractivity (Wildman–Crippen MR) is 133 cm³/mol. The molecule has 0 saturated heterocycles. The average molecular weight is 454 g/mol. The summed E-state index contributed by atoms with van der Waals surface area (Å²) >= 11 is 0. The Morgan fingerprint density at radius 2 is 1.12 bits per heavy atom. The van der Waals surface area contributed by atoms with E-state index in [9.17, 15) is 14.4 Å². The van der Waals surface area contributed by atoms with Crippen LogP contribution >= 0.6 is 0 Å². The second-order valence-electron chi connectivity index (χ2n) is 9.51. The van der Waals surface area contributed by atoms with Crippen LogP contribution in [0.3, 0.4) is 0 Å². The molecule has 0 rings (SSSR count). The third-order valence-electron chi connectivity index (χ3n) is 5.91. The number of rotatable bonds is 19. The van der Waals surface area contributed by atoms with Gasteiger partial charge in [-0.05, 0) is 25.7 Å². The van der Waals surface area contributed by atoms with E-state index in [-0.39, 0.29) is 23.6 Å². The molecule has 6 heteroatoms. The van der Waals surface area contributed by atoms with Gasteiger partial charge in [0.15, 0.2) is 0 Å². The number of carbonyl (C=O) groups is 3. The molecule has 0 fully saturated rings. The summed E-state index contributed by atoms with van der Waals surface area (Å²) in [6.07, 6.45) is 14.2. The van der Waals surface area contributed by atoms with Crippen molar-refractivity contribution in [2.75, 3.05) is 13.1 Å². The molecule has 0 aliphatic rings. The molecular weight excluding hydrogens is 402 g/mol. The van der Waals surface area contributed by atoms with Gasteiger partial charge in [-0.2, -0.15) is 0 Å². The van der Waals surface area contributed by atoms with Gasteiger partial charge in [0.25, 0.3) is 0 Å². The lowest BCUT2D eigenvalue weighted by Gasteiger charge is -2.28. The molecule has 0 heterocycles. The van der Waals surface area contributed by atoms with E-state index in [0.29, 0.717) is 0 Å². The van der Waals surface area contributed by atoms with Crippen LogP contribution in [-0.2, 0) is 14.4 Å². The van der Waals surface area contributed by atoms with Crippen LogP contribution in [0.4, 0.5) is 0 Å². The number of nitrogens with zero attached hydrogens (tertiary/aromatic N) is 1. The fraction of sp³-hybridized carbons (Fsp3) is 0.885. The minimum Gasteiger partial charge on any atom is -0.344 e. The van der Waals surface area contributed by atoms with Crippen molar-refractivity contribution in [1.82, 2.24) is 15.5 Å². The lowest BCUT2D eigenvalue weighted by molar-refractivity contribution is -0.137. The molecule has 0 aliphatic heterocycles. The van der Waals surface area contributed by atoms with Gasteiger partial charge in [0.05, 0.1) is 0 Å². The molecule has 0 aromatic heterocycles. The summed E-state index contributed by atoms with van der Waals surface area (Å²) in [4.78, 5) is 39.2. The monoisotopic (exact) mass is 453 g/mol. The van der Waals surface area contributed by atoms with Crippen LogP contribution in [0.15, 0.2) is 0 Å². The molecule has 0 spiro atoms. The maximum absolute atomic E-state index is 13.1. The summed E-state index contributed by atoms with van der Waals surface area (Å²) < 4.78 is 0. The molecule has 0 aromatic rings. The molecule has 0 aliphatic carbocycles. The van der Waals surface area contributed by atoms with Gasteiger partial charge in [-0.25, -0.2) is 0 Å². The van der Waals surface area contributed by atoms with E-state index in [1.54, 1.807) is 6.92 Å². The molecule has 0 unspecified atom stereocenters. The normalized spacial score (nSPS) is 13.0. The highest BCUT2D eigenvalue weighted by Gasteiger charge is 2.27. The topological polar surface area (TPSA) is 78.5 Å². The van der Waals surface area contributed by atoms with Crippen molar-refractivity contribution in [1.29, 1.82) is 0 Å². The standard InChI is InChI=1S/C26H51N3O3/c1-7-9-11-13-15-17-19-29(20-18-16-14-12-10-8-2)26(32)22(5)27-25(31)24(21(3)4)28-23(6)30/h21-22,24H,7-20H2,1-6H3,(H,27,31)(H,28,30)/t22-,24+/m1/s1. The van der Waals surface area contributed by atoms with Crippen molar-refractivity contribution in [3.05, 3.63) is 0 Å². The number of amides is 3. The first kappa shape index (κ1) is 30.4. The maximum atomic E-state index is 13.1. The van der Waals surface area contributed by atoms with Crippen LogP contribution in [0.2, 0.25) is 0 Å². The molecule has 188 valence electrons. The summed E-state index contributed by atoms with van der Waals surface area (Å²) in [7, 11) is 0. The van der Waals surface area contributed by atoms with Gasteiger partial charge in [-0.1, -0.05) is 91.9 Å². The van der Waals surface area contributed by atoms with Crippen molar-refractivity contribution in [3.63, 3.8) is 0 Å². The number of nitrogens with one attached hydrogen (secondary N) is 2. The van der Waals surface area contributed by atoms with Crippen LogP contribution in [0, 0.1) is 5.92 Å². The lowest BCUT2D eigenvalue weighted by atomic mass is 10.0. The van der Waals surface area contributed by atoms with Crippen molar-refractivity contribution in [2.24, 2.45) is 5.92 Å². The Balaban J connectivity index is 4.81. The number of carbonyl (C=O) groups excluding carboxylic acids is 3. The van der Waals surface area contributed by atoms with Crippen LogP contribution in [-0.4, -0.2) is 47.8 Å². The Hall–Kier alpha value is -1.59. The van der Waals surface area contributed by atoms with Crippen LogP contribution in [0.5, 0.6) is 0 Å². The van der Waals surface area contributed by atoms with Gasteiger partial charge in [-0.15, -0.1) is 0 Å². The van der Waals surface area contributed by atoms with E-state index >= 15 is 0 Å². The van der Waals surface area contributed by atoms with Crippen molar-refractivity contribution < 1.29 is 14.4 Å². The van der Waals surface area contributed by atoms with Gasteiger partial charge in [0.1, 0.15) is 12.1 Å². The van der Waals surface area contributed by atoms with E-state index < -0.39 is 12.1 Å². The number of hydrogen-bond donors (Lipinski definition) is 2. The van der Waals surface area contributed by atoms with E-state index in [0.717, 1.165) is 38.8 Å². The average Bonchev–Trinajstić information content (AvgIpc) is 2.74. The number of unbranched alkanes of at least 4 members (excludes halogenated alkanes) is 10. The first-order valence-electron chi connectivity index (χ1n) is 13.1. The predicted octanol–water partition coefficient (Wildman–Crippen LogP) is 5.20. The van der Waals surface area contributed by atoms with E-state index in [4.69, 9.17) is 0 Å². The SMILES string of the molecule is CCCCCCCCN(CCCCCCCC)C(=O)[C@@H](C)NC(=O)[C@@H](NC(C)=O)C(C)C. The van der Waals surface area contributed by atoms with E-state index in [2.05, 4.69) is 24.5 Å². The molecule has 0 bridgehead atoms. The Kier molecular flexibility index (Phi) is 18.0. The zero-order valence-electron chi connectivity index (χ0n) is 21.8. The molecule has 0 aromatic carbocycles. The minimum atomic E-state index is -0.631. The molecular formula is C26H51N3O3. The Bertz CT molecular complexity index is 506. The van der Waals surface area contributed by atoms with Crippen molar-refractivity contribution in [3.8, 4) is 0 Å². The second kappa shape index (κ2) is 18.9. The zero-order valence-corrected chi connectivity index (χ0v) is 21.8. The van der Waals surface area contributed by atoms with E-state index in [1.807, 2.05) is 18.7 Å². The van der Waals surface area contributed by atoms with Gasteiger partial charge in [-0.3, -0.25) is 14.4 Å². The highest BCUT2D eigenvalue weighted by molar-refractivity contribution is 5.91. The first-order valence-corrected chi connectivity index (χ1v) is 13.1. The Morgan fingerprint density at radius 1 is 0.688 bits per heavy atom. The second-order valence-corrected chi connectivity index (χ2v) is 9.51. The molecule has 0 radical (unpaired) electrons. The summed E-state index contributed by atoms with van der Waals surface area (Å²) in [6.45, 7) is 12.9. The fourth-order valence-electron chi connectivity index (χ4n) is 3.89. The molecule has 2 N–H and O–H groups in total. The summed E-state index contributed by atoms with van der Waals surface area (Å²) in [6, 6.07) is -1.23. The lowest BCUT2D eigenvalue weighted by Crippen LogP contribution is -2.55. The quantitative estimate of drug-likeness (QED) is 0.264. The summed E-state index contributed by atoms with van der Waals surface area (Å²) in [5, 5.41) is 5.53. The maximum Gasteiger partial charge on any atom is 0.244 e. The van der Waals surface area contributed by atoms with Gasteiger partial charge >= 0.3 is 0 Å². The number of hydrogen-bond acceptors (Lipinski definition) is 3. The molecule has 2 atom stereocenters. The van der Waals surface area contributed by atoms with Crippen molar-refractivity contribution in [2.45, 2.75) is 131 Å². The zero-order chi connectivity index (χ0) is 24.4. The highest BCUT2D eigenvalue weighted by Crippen LogP contribution is 2.11. The smallest absolute Gasteiger partial charge is 0.244 e. The third kappa shape index (κ3) is 14.5. The summed E-state index contributed by atoms with van der Waals surface area (Å²) in [5.41, 5.74) is 0. The summed E-state index contributed by atoms with van der Waals surface area (Å²) in [5.74, 6) is -0.616. The molecule has 32 heavy (non-hydrogen) atoms. The molecule has 0 saturated carbocycles. The Morgan fingerprint density at radius 3 is 1.53 bits per heavy atom. The van der Waals surface area contributed by atoms with Gasteiger partial charge < -0.3 is 15.5 Å². The van der Waals surface area contributed by atoms with Crippen LogP contribution in [0.25, 0.3) is 0 Å². The molecule has 6 nitrogen and oxygen atoms in total.